The summed E-state index contributed by atoms with van der Waals surface area (Å²) in [6, 6.07) is -0.814. The van der Waals surface area contributed by atoms with Crippen molar-refractivity contribution in [2.75, 3.05) is 19.8 Å². The van der Waals surface area contributed by atoms with E-state index in [2.05, 4.69) is 12.2 Å². The zero-order chi connectivity index (χ0) is 36.2. The van der Waals surface area contributed by atoms with Crippen molar-refractivity contribution < 1.29 is 64.6 Å². The molecule has 0 spiro atoms. The zero-order valence-electron chi connectivity index (χ0n) is 29.7. The predicted octanol–water partition coefficient (Wildman–Crippen LogP) is 1.14. The van der Waals surface area contributed by atoms with Crippen LogP contribution < -0.4 is 5.32 Å². The van der Waals surface area contributed by atoms with Crippen LogP contribution in [-0.4, -0.2) is 140 Å². The lowest BCUT2D eigenvalue weighted by atomic mass is 9.97. The Hall–Kier alpha value is -1.01. The molecule has 0 aromatic carbocycles. The molecule has 2 fully saturated rings. The number of hydrogen-bond donors (Lipinski definition) is 9. The lowest BCUT2D eigenvalue weighted by Gasteiger charge is -2.46. The third-order valence-corrected chi connectivity index (χ3v) is 9.57. The smallest absolute Gasteiger partial charge is 0.220 e. The Bertz CT molecular complexity index is 852. The molecule has 12 unspecified atom stereocenters. The minimum Gasteiger partial charge on any atom is -0.394 e. The number of aliphatic hydroxyl groups excluding tert-OH is 8. The molecule has 290 valence electrons. The van der Waals surface area contributed by atoms with Crippen molar-refractivity contribution in [1.82, 2.24) is 5.32 Å². The molecule has 2 aliphatic heterocycles. The normalized spacial score (nSPS) is 31.8. The molecule has 14 heteroatoms. The Kier molecular flexibility index (Phi) is 22.6. The molecule has 2 aliphatic rings. The lowest BCUT2D eigenvalue weighted by molar-refractivity contribution is -0.359. The van der Waals surface area contributed by atoms with Gasteiger partial charge >= 0.3 is 0 Å². The molecule has 0 bridgehead atoms. The Labute approximate surface area is 292 Å². The van der Waals surface area contributed by atoms with Crippen LogP contribution in [-0.2, 0) is 23.7 Å². The van der Waals surface area contributed by atoms with Crippen molar-refractivity contribution in [3.63, 3.8) is 0 Å². The molecule has 49 heavy (non-hydrogen) atoms. The van der Waals surface area contributed by atoms with E-state index in [0.29, 0.717) is 19.3 Å². The first kappa shape index (κ1) is 44.2. The monoisotopic (exact) mass is 709 g/mol. The molecular formula is C35H67NO13. The fourth-order valence-corrected chi connectivity index (χ4v) is 6.35. The summed E-state index contributed by atoms with van der Waals surface area (Å²) in [6.45, 7) is 2.62. The third kappa shape index (κ3) is 15.2. The summed E-state index contributed by atoms with van der Waals surface area (Å²) < 4.78 is 22.4. The summed E-state index contributed by atoms with van der Waals surface area (Å²) >= 11 is 0. The summed E-state index contributed by atoms with van der Waals surface area (Å²) in [6.07, 6.45) is 0.852. The number of carbonyl (C=O) groups excluding carboxylic acids is 1. The molecule has 2 rings (SSSR count). The van der Waals surface area contributed by atoms with E-state index in [0.717, 1.165) is 38.5 Å². The van der Waals surface area contributed by atoms with Crippen LogP contribution in [0.4, 0.5) is 0 Å². The Balaban J connectivity index is 1.90. The van der Waals surface area contributed by atoms with Crippen LogP contribution in [0.3, 0.4) is 0 Å². The van der Waals surface area contributed by atoms with Crippen LogP contribution in [0.15, 0.2) is 0 Å². The molecule has 9 N–H and O–H groups in total. The van der Waals surface area contributed by atoms with E-state index in [1.165, 1.54) is 51.4 Å². The SMILES string of the molecule is CCCCCCCCCCCCCCC(O)C(COC1OC(CO)C(OC2OC(CO)C(O)C(O)C2O)C(O)C1O)NC(=O)CCCCC. The van der Waals surface area contributed by atoms with Gasteiger partial charge in [0.25, 0.3) is 0 Å². The average Bonchev–Trinajstić information content (AvgIpc) is 3.09. The van der Waals surface area contributed by atoms with Gasteiger partial charge in [-0.15, -0.1) is 0 Å². The fourth-order valence-electron chi connectivity index (χ4n) is 6.35. The van der Waals surface area contributed by atoms with E-state index >= 15 is 0 Å². The molecule has 0 aliphatic carbocycles. The third-order valence-electron chi connectivity index (χ3n) is 9.57. The van der Waals surface area contributed by atoms with Crippen molar-refractivity contribution in [1.29, 1.82) is 0 Å². The molecule has 0 saturated carbocycles. The zero-order valence-corrected chi connectivity index (χ0v) is 29.7. The molecule has 2 heterocycles. The van der Waals surface area contributed by atoms with Crippen LogP contribution >= 0.6 is 0 Å². The van der Waals surface area contributed by atoms with Gasteiger partial charge in [-0.2, -0.15) is 0 Å². The number of aliphatic hydroxyl groups is 8. The highest BCUT2D eigenvalue weighted by molar-refractivity contribution is 5.76. The molecule has 1 amide bonds. The van der Waals surface area contributed by atoms with Gasteiger partial charge in [0.15, 0.2) is 12.6 Å². The first-order valence-corrected chi connectivity index (χ1v) is 18.8. The van der Waals surface area contributed by atoms with Gasteiger partial charge in [-0.05, 0) is 12.8 Å². The van der Waals surface area contributed by atoms with Gasteiger partial charge in [0, 0.05) is 6.42 Å². The summed E-state index contributed by atoms with van der Waals surface area (Å²) in [5, 5.41) is 85.6. The van der Waals surface area contributed by atoms with E-state index in [-0.39, 0.29) is 12.5 Å². The molecule has 2 saturated heterocycles. The maximum Gasteiger partial charge on any atom is 0.220 e. The lowest BCUT2D eigenvalue weighted by Crippen LogP contribution is -2.65. The van der Waals surface area contributed by atoms with E-state index < -0.39 is 86.8 Å². The Morgan fingerprint density at radius 1 is 0.653 bits per heavy atom. The largest absolute Gasteiger partial charge is 0.394 e. The van der Waals surface area contributed by atoms with E-state index in [1.807, 2.05) is 6.92 Å². The quantitative estimate of drug-likeness (QED) is 0.0575. The van der Waals surface area contributed by atoms with Crippen LogP contribution in [0, 0.1) is 0 Å². The van der Waals surface area contributed by atoms with E-state index in [9.17, 15) is 45.6 Å². The minimum absolute atomic E-state index is 0.234. The van der Waals surface area contributed by atoms with E-state index in [1.54, 1.807) is 0 Å². The molecule has 12 atom stereocenters. The molecule has 0 aromatic rings. The van der Waals surface area contributed by atoms with Gasteiger partial charge in [0.05, 0.1) is 32.0 Å². The van der Waals surface area contributed by atoms with E-state index in [4.69, 9.17) is 18.9 Å². The van der Waals surface area contributed by atoms with Gasteiger partial charge in [-0.3, -0.25) is 4.79 Å². The maximum absolute atomic E-state index is 12.7. The second-order valence-corrected chi connectivity index (χ2v) is 13.7. The number of rotatable bonds is 26. The highest BCUT2D eigenvalue weighted by atomic mass is 16.7. The number of ether oxygens (including phenoxy) is 4. The minimum atomic E-state index is -1.77. The van der Waals surface area contributed by atoms with Crippen LogP contribution in [0.5, 0.6) is 0 Å². The molecule has 0 radical (unpaired) electrons. The van der Waals surface area contributed by atoms with Gasteiger partial charge in [-0.1, -0.05) is 104 Å². The second kappa shape index (κ2) is 25.0. The van der Waals surface area contributed by atoms with Crippen molar-refractivity contribution >= 4 is 5.91 Å². The number of carbonyl (C=O) groups is 1. The van der Waals surface area contributed by atoms with Gasteiger partial charge < -0.3 is 65.1 Å². The van der Waals surface area contributed by atoms with Crippen LogP contribution in [0.25, 0.3) is 0 Å². The van der Waals surface area contributed by atoms with Crippen molar-refractivity contribution in [2.24, 2.45) is 0 Å². The average molecular weight is 710 g/mol. The summed E-state index contributed by atoms with van der Waals surface area (Å²) in [7, 11) is 0. The predicted molar refractivity (Wildman–Crippen MR) is 180 cm³/mol. The second-order valence-electron chi connectivity index (χ2n) is 13.7. The number of unbranched alkanes of at least 4 members (excludes halogenated alkanes) is 13. The van der Waals surface area contributed by atoms with Crippen molar-refractivity contribution in [3.8, 4) is 0 Å². The van der Waals surface area contributed by atoms with Gasteiger partial charge in [-0.25, -0.2) is 0 Å². The molecule has 14 nitrogen and oxygen atoms in total. The summed E-state index contributed by atoms with van der Waals surface area (Å²) in [5.74, 6) is -0.234. The maximum atomic E-state index is 12.7. The first-order chi connectivity index (χ1) is 23.6. The number of amides is 1. The number of nitrogens with one attached hydrogen (secondary N) is 1. The Morgan fingerprint density at radius 3 is 1.73 bits per heavy atom. The van der Waals surface area contributed by atoms with Crippen LogP contribution in [0.2, 0.25) is 0 Å². The molecular weight excluding hydrogens is 642 g/mol. The summed E-state index contributed by atoms with van der Waals surface area (Å²) in [4.78, 5) is 12.7. The van der Waals surface area contributed by atoms with Crippen LogP contribution in [0.1, 0.15) is 123 Å². The Morgan fingerprint density at radius 2 is 1.16 bits per heavy atom. The standard InChI is InChI=1S/C35H67NO13/c1-3-5-7-8-9-10-11-12-13-14-15-17-18-24(39)23(36-27(40)19-16-6-4-2)22-46-34-32(45)30(43)33(26(21-38)48-34)49-35-31(44)29(42)28(41)25(20-37)47-35/h23-26,28-35,37-39,41-45H,3-22H2,1-2H3,(H,36,40). The van der Waals surface area contributed by atoms with Gasteiger partial charge in [0.2, 0.25) is 5.91 Å². The van der Waals surface area contributed by atoms with Crippen molar-refractivity contribution in [3.05, 3.63) is 0 Å². The number of hydrogen-bond acceptors (Lipinski definition) is 13. The van der Waals surface area contributed by atoms with Gasteiger partial charge in [0.1, 0.15) is 48.8 Å². The summed E-state index contributed by atoms with van der Waals surface area (Å²) in [5.41, 5.74) is 0. The topological polar surface area (TPSA) is 228 Å². The fraction of sp³-hybridized carbons (Fsp3) is 0.971. The first-order valence-electron chi connectivity index (χ1n) is 18.8. The molecule has 0 aromatic heterocycles. The van der Waals surface area contributed by atoms with Crippen molar-refractivity contribution in [2.45, 2.75) is 197 Å². The highest BCUT2D eigenvalue weighted by Gasteiger charge is 2.50. The highest BCUT2D eigenvalue weighted by Crippen LogP contribution is 2.30.